The van der Waals surface area contributed by atoms with Crippen LogP contribution in [0, 0.1) is 0 Å². The van der Waals surface area contributed by atoms with Gasteiger partial charge in [0.05, 0.1) is 0 Å². The molecule has 0 saturated heterocycles. The van der Waals surface area contributed by atoms with E-state index in [0.29, 0.717) is 0 Å². The highest BCUT2D eigenvalue weighted by atomic mass is 127. The highest BCUT2D eigenvalue weighted by molar-refractivity contribution is 14.2. The maximum atomic E-state index is 2.34. The van der Waals surface area contributed by atoms with Gasteiger partial charge in [-0.3, -0.25) is 0 Å². The van der Waals surface area contributed by atoms with Gasteiger partial charge in [-0.25, -0.2) is 0 Å². The third kappa shape index (κ3) is 1.60. The van der Waals surface area contributed by atoms with Crippen molar-refractivity contribution in [2.75, 3.05) is 0 Å². The molecule has 3 rings (SSSR count). The molecule has 0 spiro atoms. The van der Waals surface area contributed by atoms with E-state index in [2.05, 4.69) is 63.7 Å². The molecule has 0 aliphatic heterocycles. The lowest BCUT2D eigenvalue weighted by Crippen LogP contribution is -1.79. The Morgan fingerprint density at radius 2 is 1.73 bits per heavy atom. The molecule has 0 N–H and O–H groups in total. The van der Waals surface area contributed by atoms with E-state index in [1.165, 1.54) is 27.1 Å². The van der Waals surface area contributed by atoms with Gasteiger partial charge in [-0.05, 0) is 40.8 Å². The van der Waals surface area contributed by atoms with Crippen molar-refractivity contribution in [3.63, 3.8) is 0 Å². The molecule has 0 bridgehead atoms. The highest BCUT2D eigenvalue weighted by Gasteiger charge is 2.17. The lowest BCUT2D eigenvalue weighted by molar-refractivity contribution is 1.24. The fraction of sp³-hybridized carbons (Fsp3) is 0.0769. The molecular formula is C13H9IS. The van der Waals surface area contributed by atoms with E-state index in [4.69, 9.17) is 0 Å². The molecule has 0 fully saturated rings. The summed E-state index contributed by atoms with van der Waals surface area (Å²) in [6.07, 6.45) is 1.09. The van der Waals surface area contributed by atoms with E-state index in [1.807, 2.05) is 0 Å². The predicted molar refractivity (Wildman–Crippen MR) is 74.6 cm³/mol. The molecule has 1 aliphatic carbocycles. The number of hydrogen-bond acceptors (Lipinski definition) is 1. The van der Waals surface area contributed by atoms with Gasteiger partial charge >= 0.3 is 0 Å². The van der Waals surface area contributed by atoms with Crippen molar-refractivity contribution < 1.29 is 0 Å². The van der Waals surface area contributed by atoms with E-state index in [9.17, 15) is 0 Å². The second-order valence-electron chi connectivity index (χ2n) is 3.73. The summed E-state index contributed by atoms with van der Waals surface area (Å²) in [4.78, 5) is 1.35. The summed E-state index contributed by atoms with van der Waals surface area (Å²) < 4.78 is 0. The standard InChI is InChI=1S/C13H9IS/c14-15-11-5-6-13-10(8-11)7-9-3-1-2-4-12(9)13/h1-6,8H,7H2. The lowest BCUT2D eigenvalue weighted by atomic mass is 10.1. The SMILES string of the molecule is ISc1ccc2c(c1)Cc1ccccc1-2. The molecular weight excluding hydrogens is 315 g/mol. The van der Waals surface area contributed by atoms with Crippen molar-refractivity contribution in [2.45, 2.75) is 11.3 Å². The Labute approximate surface area is 106 Å². The summed E-state index contributed by atoms with van der Waals surface area (Å²) in [6, 6.07) is 15.5. The van der Waals surface area contributed by atoms with Gasteiger partial charge in [0.1, 0.15) is 0 Å². The number of hydrogen-bond donors (Lipinski definition) is 0. The van der Waals surface area contributed by atoms with Crippen LogP contribution in [0.1, 0.15) is 11.1 Å². The minimum Gasteiger partial charge on any atom is -0.0619 e. The Hall–Kier alpha value is -0.480. The smallest absolute Gasteiger partial charge is 0.0182 e. The Bertz CT molecular complexity index is 520. The largest absolute Gasteiger partial charge is 0.0619 e. The van der Waals surface area contributed by atoms with Gasteiger partial charge in [0.2, 0.25) is 0 Å². The van der Waals surface area contributed by atoms with Gasteiger partial charge in [-0.15, -0.1) is 0 Å². The molecule has 0 saturated carbocycles. The summed E-state index contributed by atoms with van der Waals surface area (Å²) in [5.41, 5.74) is 5.76. The average Bonchev–Trinajstić information content (AvgIpc) is 2.66. The Morgan fingerprint density at radius 3 is 2.60 bits per heavy atom. The second-order valence-corrected chi connectivity index (χ2v) is 5.68. The fourth-order valence-electron chi connectivity index (χ4n) is 2.17. The van der Waals surface area contributed by atoms with E-state index >= 15 is 0 Å². The third-order valence-corrected chi connectivity index (χ3v) is 4.81. The zero-order valence-electron chi connectivity index (χ0n) is 8.03. The van der Waals surface area contributed by atoms with Crippen LogP contribution in [0.25, 0.3) is 11.1 Å². The van der Waals surface area contributed by atoms with Crippen LogP contribution in [0.4, 0.5) is 0 Å². The molecule has 74 valence electrons. The van der Waals surface area contributed by atoms with Gasteiger partial charge in [0, 0.05) is 26.1 Å². The van der Waals surface area contributed by atoms with Gasteiger partial charge in [-0.2, -0.15) is 0 Å². The van der Waals surface area contributed by atoms with Crippen LogP contribution in [0.5, 0.6) is 0 Å². The van der Waals surface area contributed by atoms with E-state index in [0.717, 1.165) is 6.42 Å². The monoisotopic (exact) mass is 324 g/mol. The molecule has 0 amide bonds. The average molecular weight is 324 g/mol. The Balaban J connectivity index is 2.18. The van der Waals surface area contributed by atoms with Crippen molar-refractivity contribution in [3.8, 4) is 11.1 Å². The van der Waals surface area contributed by atoms with Crippen LogP contribution in [-0.2, 0) is 6.42 Å². The number of fused-ring (bicyclic) bond motifs is 3. The van der Waals surface area contributed by atoms with Gasteiger partial charge in [0.15, 0.2) is 0 Å². The third-order valence-electron chi connectivity index (χ3n) is 2.85. The van der Waals surface area contributed by atoms with Gasteiger partial charge < -0.3 is 0 Å². The normalized spacial score (nSPS) is 12.3. The van der Waals surface area contributed by atoms with Crippen molar-refractivity contribution >= 4 is 30.1 Å². The summed E-state index contributed by atoms with van der Waals surface area (Å²) in [5.74, 6) is 0. The molecule has 0 radical (unpaired) electrons. The minimum atomic E-state index is 1.09. The summed E-state index contributed by atoms with van der Waals surface area (Å²) >= 11 is 2.34. The molecule has 0 atom stereocenters. The van der Waals surface area contributed by atoms with Crippen LogP contribution in [0.2, 0.25) is 0 Å². The molecule has 0 heterocycles. The van der Waals surface area contributed by atoms with Crippen LogP contribution >= 0.6 is 30.1 Å². The first-order valence-electron chi connectivity index (χ1n) is 4.88. The molecule has 2 aromatic carbocycles. The first-order chi connectivity index (χ1) is 7.38. The fourth-order valence-corrected chi connectivity index (χ4v) is 3.30. The maximum Gasteiger partial charge on any atom is 0.0182 e. The van der Waals surface area contributed by atoms with Crippen LogP contribution < -0.4 is 0 Å². The van der Waals surface area contributed by atoms with Crippen LogP contribution in [-0.4, -0.2) is 0 Å². The van der Waals surface area contributed by atoms with Crippen LogP contribution in [0.3, 0.4) is 0 Å². The molecule has 1 aliphatic rings. The van der Waals surface area contributed by atoms with E-state index in [1.54, 1.807) is 8.93 Å². The molecule has 2 heteroatoms. The number of rotatable bonds is 1. The van der Waals surface area contributed by atoms with Gasteiger partial charge in [0.25, 0.3) is 0 Å². The van der Waals surface area contributed by atoms with E-state index in [-0.39, 0.29) is 0 Å². The van der Waals surface area contributed by atoms with Crippen LogP contribution in [0.15, 0.2) is 47.4 Å². The zero-order valence-corrected chi connectivity index (χ0v) is 11.0. The molecule has 0 nitrogen and oxygen atoms in total. The van der Waals surface area contributed by atoms with Gasteiger partial charge in [-0.1, -0.05) is 39.3 Å². The molecule has 15 heavy (non-hydrogen) atoms. The molecule has 0 aromatic heterocycles. The first kappa shape index (κ1) is 9.73. The topological polar surface area (TPSA) is 0 Å². The van der Waals surface area contributed by atoms with Crippen molar-refractivity contribution in [2.24, 2.45) is 0 Å². The number of benzene rings is 2. The quantitative estimate of drug-likeness (QED) is 0.585. The Morgan fingerprint density at radius 1 is 0.933 bits per heavy atom. The Kier molecular flexibility index (Phi) is 2.48. The number of halogens is 1. The van der Waals surface area contributed by atoms with Crippen molar-refractivity contribution in [1.29, 1.82) is 0 Å². The highest BCUT2D eigenvalue weighted by Crippen LogP contribution is 2.39. The second kappa shape index (κ2) is 3.83. The maximum absolute atomic E-state index is 2.34. The first-order valence-corrected chi connectivity index (χ1v) is 8.24. The van der Waals surface area contributed by atoms with Crippen molar-refractivity contribution in [1.82, 2.24) is 0 Å². The van der Waals surface area contributed by atoms with E-state index < -0.39 is 0 Å². The molecule has 0 unspecified atom stereocenters. The minimum absolute atomic E-state index is 1.09. The summed E-state index contributed by atoms with van der Waals surface area (Å²) in [5, 5.41) is 0. The predicted octanol–water partition coefficient (Wildman–Crippen LogP) is 4.70. The summed E-state index contributed by atoms with van der Waals surface area (Å²) in [7, 11) is 1.78. The molecule has 2 aromatic rings. The summed E-state index contributed by atoms with van der Waals surface area (Å²) in [6.45, 7) is 0. The zero-order chi connectivity index (χ0) is 10.3. The lowest BCUT2D eigenvalue weighted by Gasteiger charge is -2.01. The van der Waals surface area contributed by atoms with Crippen molar-refractivity contribution in [3.05, 3.63) is 53.6 Å².